The molecule has 4 rings (SSSR count). The zero-order chi connectivity index (χ0) is 21.4. The van der Waals surface area contributed by atoms with E-state index in [9.17, 15) is 14.0 Å². The van der Waals surface area contributed by atoms with Crippen LogP contribution in [0.5, 0.6) is 0 Å². The van der Waals surface area contributed by atoms with Gasteiger partial charge in [0.2, 0.25) is 0 Å². The van der Waals surface area contributed by atoms with E-state index in [1.54, 1.807) is 43.3 Å². The lowest BCUT2D eigenvalue weighted by molar-refractivity contribution is -0.113. The van der Waals surface area contributed by atoms with E-state index >= 15 is 0 Å². The van der Waals surface area contributed by atoms with Gasteiger partial charge in [0.05, 0.1) is 16.2 Å². The molecule has 1 aliphatic heterocycles. The Morgan fingerprint density at radius 2 is 2.00 bits per heavy atom. The van der Waals surface area contributed by atoms with Gasteiger partial charge < -0.3 is 9.52 Å². The highest BCUT2D eigenvalue weighted by molar-refractivity contribution is 8.27. The monoisotopic (exact) mass is 439 g/mol. The van der Waals surface area contributed by atoms with Crippen molar-refractivity contribution in [1.82, 2.24) is 0 Å². The van der Waals surface area contributed by atoms with E-state index < -0.39 is 11.8 Å². The molecular formula is C22H14FNO4S2. The van der Waals surface area contributed by atoms with Crippen LogP contribution in [0.3, 0.4) is 0 Å². The van der Waals surface area contributed by atoms with Crippen LogP contribution < -0.4 is 4.90 Å². The molecule has 1 aromatic heterocycles. The van der Waals surface area contributed by atoms with E-state index in [1.165, 1.54) is 29.2 Å². The van der Waals surface area contributed by atoms with Crippen LogP contribution in [0.25, 0.3) is 17.4 Å². The van der Waals surface area contributed by atoms with Crippen molar-refractivity contribution in [3.05, 3.63) is 82.2 Å². The summed E-state index contributed by atoms with van der Waals surface area (Å²) in [5.41, 5.74) is 2.08. The molecule has 0 saturated carbocycles. The number of carboxylic acids is 1. The van der Waals surface area contributed by atoms with Gasteiger partial charge in [0.1, 0.15) is 17.3 Å². The molecule has 0 radical (unpaired) electrons. The Labute approximate surface area is 180 Å². The van der Waals surface area contributed by atoms with Crippen LogP contribution in [0, 0.1) is 12.7 Å². The van der Waals surface area contributed by atoms with E-state index in [-0.39, 0.29) is 11.5 Å². The van der Waals surface area contributed by atoms with Crippen molar-refractivity contribution >= 4 is 51.9 Å². The number of aromatic carboxylic acids is 1. The standard InChI is InChI=1S/C22H14FNO4S2/c1-12-9-13(21(26)27)5-7-17(12)18-8-6-16(28-18)11-19-20(25)24(22(29)30-19)15-4-2-3-14(23)10-15/h2-11H,1H3,(H,26,27)/b19-11+. The van der Waals surface area contributed by atoms with Crippen molar-refractivity contribution in [3.8, 4) is 11.3 Å². The molecule has 0 aliphatic carbocycles. The fourth-order valence-corrected chi connectivity index (χ4v) is 4.36. The second-order valence-corrected chi connectivity index (χ2v) is 8.21. The summed E-state index contributed by atoms with van der Waals surface area (Å²) < 4.78 is 19.7. The summed E-state index contributed by atoms with van der Waals surface area (Å²) in [6, 6.07) is 13.9. The SMILES string of the molecule is Cc1cc(C(=O)O)ccc1-c1ccc(/C=C2/SC(=S)N(c3cccc(F)c3)C2=O)o1. The van der Waals surface area contributed by atoms with E-state index in [0.29, 0.717) is 26.4 Å². The predicted molar refractivity (Wildman–Crippen MR) is 118 cm³/mol. The number of rotatable bonds is 4. The molecule has 3 aromatic rings. The molecule has 1 N–H and O–H groups in total. The van der Waals surface area contributed by atoms with E-state index in [4.69, 9.17) is 21.7 Å². The van der Waals surface area contributed by atoms with E-state index in [0.717, 1.165) is 22.9 Å². The number of furan rings is 1. The minimum atomic E-state index is -0.995. The number of carboxylic acid groups (broad SMARTS) is 1. The first kappa shape index (κ1) is 20.1. The molecule has 2 heterocycles. The Morgan fingerprint density at radius 3 is 2.70 bits per heavy atom. The zero-order valence-electron chi connectivity index (χ0n) is 15.6. The Kier molecular flexibility index (Phi) is 5.27. The quantitative estimate of drug-likeness (QED) is 0.428. The molecule has 1 aliphatic rings. The zero-order valence-corrected chi connectivity index (χ0v) is 17.2. The normalized spacial score (nSPS) is 15.3. The number of anilines is 1. The van der Waals surface area contributed by atoms with Crippen LogP contribution in [0.15, 0.2) is 63.9 Å². The second kappa shape index (κ2) is 7.89. The summed E-state index contributed by atoms with van der Waals surface area (Å²) in [7, 11) is 0. The molecule has 8 heteroatoms. The third kappa shape index (κ3) is 3.79. The van der Waals surface area contributed by atoms with Gasteiger partial charge in [-0.05, 0) is 55.0 Å². The number of carbonyl (C=O) groups is 2. The first-order valence-electron chi connectivity index (χ1n) is 8.81. The number of aryl methyl sites for hydroxylation is 1. The average molecular weight is 439 g/mol. The largest absolute Gasteiger partial charge is 0.478 e. The fraction of sp³-hybridized carbons (Fsp3) is 0.0455. The van der Waals surface area contributed by atoms with Crippen LogP contribution >= 0.6 is 24.0 Å². The van der Waals surface area contributed by atoms with Crippen LogP contribution in [0.1, 0.15) is 21.7 Å². The Morgan fingerprint density at radius 1 is 1.20 bits per heavy atom. The number of carbonyl (C=O) groups excluding carboxylic acids is 1. The lowest BCUT2D eigenvalue weighted by Crippen LogP contribution is -2.27. The molecule has 2 aromatic carbocycles. The Hall–Kier alpha value is -3.23. The van der Waals surface area contributed by atoms with Gasteiger partial charge in [0, 0.05) is 11.6 Å². The summed E-state index contributed by atoms with van der Waals surface area (Å²) in [6.45, 7) is 1.80. The Bertz CT molecular complexity index is 1230. The first-order valence-corrected chi connectivity index (χ1v) is 10.0. The maximum atomic E-state index is 13.5. The summed E-state index contributed by atoms with van der Waals surface area (Å²) in [5.74, 6) is -0.797. The minimum absolute atomic E-state index is 0.198. The summed E-state index contributed by atoms with van der Waals surface area (Å²) in [5, 5.41) is 9.10. The molecule has 0 spiro atoms. The van der Waals surface area contributed by atoms with Crippen LogP contribution in [0.2, 0.25) is 0 Å². The van der Waals surface area contributed by atoms with Gasteiger partial charge in [-0.25, -0.2) is 9.18 Å². The number of thiocarbonyl (C=S) groups is 1. The summed E-state index contributed by atoms with van der Waals surface area (Å²) >= 11 is 6.41. The Balaban J connectivity index is 1.61. The molecule has 5 nitrogen and oxygen atoms in total. The van der Waals surface area contributed by atoms with Crippen molar-refractivity contribution in [3.63, 3.8) is 0 Å². The molecule has 0 unspecified atom stereocenters. The average Bonchev–Trinajstić information content (AvgIpc) is 3.26. The number of halogens is 1. The lowest BCUT2D eigenvalue weighted by atomic mass is 10.0. The second-order valence-electron chi connectivity index (χ2n) is 6.53. The summed E-state index contributed by atoms with van der Waals surface area (Å²) in [6.07, 6.45) is 1.59. The van der Waals surface area contributed by atoms with Gasteiger partial charge >= 0.3 is 5.97 Å². The van der Waals surface area contributed by atoms with Gasteiger partial charge in [-0.2, -0.15) is 0 Å². The number of hydrogen-bond acceptors (Lipinski definition) is 5. The predicted octanol–water partition coefficient (Wildman–Crippen LogP) is 5.50. The smallest absolute Gasteiger partial charge is 0.335 e. The third-order valence-electron chi connectivity index (χ3n) is 4.50. The maximum absolute atomic E-state index is 13.5. The molecule has 1 saturated heterocycles. The molecule has 30 heavy (non-hydrogen) atoms. The van der Waals surface area contributed by atoms with Crippen molar-refractivity contribution in [1.29, 1.82) is 0 Å². The van der Waals surface area contributed by atoms with Crippen LogP contribution in [0.4, 0.5) is 10.1 Å². The maximum Gasteiger partial charge on any atom is 0.335 e. The molecule has 1 fully saturated rings. The number of thioether (sulfide) groups is 1. The van der Waals surface area contributed by atoms with Crippen LogP contribution in [-0.2, 0) is 4.79 Å². The fourth-order valence-electron chi connectivity index (χ4n) is 3.08. The molecule has 150 valence electrons. The molecule has 1 amide bonds. The lowest BCUT2D eigenvalue weighted by Gasteiger charge is -2.14. The highest BCUT2D eigenvalue weighted by Gasteiger charge is 2.33. The van der Waals surface area contributed by atoms with Gasteiger partial charge in [0.15, 0.2) is 4.32 Å². The molecule has 0 bridgehead atoms. The highest BCUT2D eigenvalue weighted by Crippen LogP contribution is 2.37. The molecular weight excluding hydrogens is 425 g/mol. The number of amides is 1. The van der Waals surface area contributed by atoms with Crippen molar-refractivity contribution < 1.29 is 23.5 Å². The highest BCUT2D eigenvalue weighted by atomic mass is 32.2. The van der Waals surface area contributed by atoms with Gasteiger partial charge in [0.25, 0.3) is 5.91 Å². The third-order valence-corrected chi connectivity index (χ3v) is 5.80. The van der Waals surface area contributed by atoms with Gasteiger partial charge in [-0.15, -0.1) is 0 Å². The van der Waals surface area contributed by atoms with Crippen molar-refractivity contribution in [2.75, 3.05) is 4.90 Å². The minimum Gasteiger partial charge on any atom is -0.478 e. The van der Waals surface area contributed by atoms with Crippen molar-refractivity contribution in [2.24, 2.45) is 0 Å². The summed E-state index contributed by atoms with van der Waals surface area (Å²) in [4.78, 5) is 25.5. The van der Waals surface area contributed by atoms with Crippen molar-refractivity contribution in [2.45, 2.75) is 6.92 Å². The van der Waals surface area contributed by atoms with Gasteiger partial charge in [-0.3, -0.25) is 9.69 Å². The van der Waals surface area contributed by atoms with Crippen LogP contribution in [-0.4, -0.2) is 21.3 Å². The van der Waals surface area contributed by atoms with E-state index in [2.05, 4.69) is 0 Å². The number of hydrogen-bond donors (Lipinski definition) is 1. The van der Waals surface area contributed by atoms with Gasteiger partial charge in [-0.1, -0.05) is 36.1 Å². The number of nitrogens with zero attached hydrogens (tertiary/aromatic N) is 1. The topological polar surface area (TPSA) is 70.8 Å². The van der Waals surface area contributed by atoms with E-state index in [1.807, 2.05) is 0 Å². The number of benzene rings is 2. The molecule has 0 atom stereocenters. The first-order chi connectivity index (χ1) is 14.3.